The molecule has 0 spiro atoms. The lowest BCUT2D eigenvalue weighted by Gasteiger charge is -2.33. The Morgan fingerprint density at radius 1 is 1.25 bits per heavy atom. The van der Waals surface area contributed by atoms with Gasteiger partial charge >= 0.3 is 0 Å². The lowest BCUT2D eigenvalue weighted by atomic mass is 10.0. The second-order valence-corrected chi connectivity index (χ2v) is 7.97. The number of carbonyl (C=O) groups excluding carboxylic acids is 1. The predicted octanol–water partition coefficient (Wildman–Crippen LogP) is 3.67. The lowest BCUT2D eigenvalue weighted by molar-refractivity contribution is -0.127. The number of aromatic nitrogens is 3. The van der Waals surface area contributed by atoms with Crippen LogP contribution >= 0.6 is 0 Å². The smallest absolute Gasteiger partial charge is 0.246 e. The van der Waals surface area contributed by atoms with E-state index in [-0.39, 0.29) is 46.3 Å². The molecule has 1 fully saturated rings. The van der Waals surface area contributed by atoms with Crippen molar-refractivity contribution in [3.8, 4) is 11.6 Å². The van der Waals surface area contributed by atoms with E-state index in [1.807, 2.05) is 0 Å². The Kier molecular flexibility index (Phi) is 7.13. The monoisotopic (exact) mass is 497 g/mol. The molecular weight excluding hydrogens is 475 g/mol. The molecule has 0 aliphatic carbocycles. The number of rotatable bonds is 7. The Balaban J connectivity index is 1.58. The molecule has 2 aromatic heterocycles. The second kappa shape index (κ2) is 10.4. The summed E-state index contributed by atoms with van der Waals surface area (Å²) in [5.74, 6) is -4.31. The fourth-order valence-electron chi connectivity index (χ4n) is 3.84. The highest BCUT2D eigenvalue weighted by Crippen LogP contribution is 2.28. The first-order valence-electron chi connectivity index (χ1n) is 10.9. The zero-order valence-electron chi connectivity index (χ0n) is 19.0. The lowest BCUT2D eigenvalue weighted by Crippen LogP contribution is -2.44. The van der Waals surface area contributed by atoms with E-state index in [4.69, 9.17) is 15.9 Å². The molecule has 186 valence electrons. The molecule has 1 aliphatic heterocycles. The molecule has 0 saturated carbocycles. The number of amides is 1. The van der Waals surface area contributed by atoms with Crippen LogP contribution in [0, 0.1) is 23.0 Å². The number of benzene rings is 1. The molecule has 4 N–H and O–H groups in total. The SMILES string of the molecule is C=CC(=O)N1CCC[C@@H](Nc2ncnc(N)c2C(=N)c2ccc(Oc3cccc(F)c3F)nc2F)C1. The van der Waals surface area contributed by atoms with Crippen molar-refractivity contribution in [2.75, 3.05) is 24.1 Å². The highest BCUT2D eigenvalue weighted by Gasteiger charge is 2.26. The number of hydrogen-bond donors (Lipinski definition) is 3. The maximum Gasteiger partial charge on any atom is 0.246 e. The molecule has 4 rings (SSSR count). The van der Waals surface area contributed by atoms with E-state index in [0.29, 0.717) is 13.1 Å². The van der Waals surface area contributed by atoms with Gasteiger partial charge in [0.2, 0.25) is 23.6 Å². The Labute approximate surface area is 204 Å². The van der Waals surface area contributed by atoms with Crippen LogP contribution in [0.15, 0.2) is 49.3 Å². The van der Waals surface area contributed by atoms with Crippen LogP contribution in [0.4, 0.5) is 24.8 Å². The first-order chi connectivity index (χ1) is 17.3. The van der Waals surface area contributed by atoms with Crippen molar-refractivity contribution in [1.29, 1.82) is 5.41 Å². The second-order valence-electron chi connectivity index (χ2n) is 7.97. The summed E-state index contributed by atoms with van der Waals surface area (Å²) in [6.07, 6.45) is 3.94. The molecule has 9 nitrogen and oxygen atoms in total. The summed E-state index contributed by atoms with van der Waals surface area (Å²) >= 11 is 0. The molecule has 3 heterocycles. The van der Waals surface area contributed by atoms with E-state index in [9.17, 15) is 18.0 Å². The predicted molar refractivity (Wildman–Crippen MR) is 126 cm³/mol. The van der Waals surface area contributed by atoms with Crippen LogP contribution in [0.2, 0.25) is 0 Å². The van der Waals surface area contributed by atoms with Crippen LogP contribution in [-0.2, 0) is 4.79 Å². The van der Waals surface area contributed by atoms with Crippen LogP contribution in [0.1, 0.15) is 24.0 Å². The number of nitrogens with one attached hydrogen (secondary N) is 2. The van der Waals surface area contributed by atoms with Gasteiger partial charge in [0.05, 0.1) is 16.8 Å². The van der Waals surface area contributed by atoms with E-state index in [2.05, 4.69) is 26.8 Å². The van der Waals surface area contributed by atoms with Crippen LogP contribution in [0.25, 0.3) is 0 Å². The molecule has 1 atom stereocenters. The first-order valence-corrected chi connectivity index (χ1v) is 10.9. The summed E-state index contributed by atoms with van der Waals surface area (Å²) < 4.78 is 47.4. The number of halogens is 3. The minimum Gasteiger partial charge on any atom is -0.436 e. The molecule has 0 bridgehead atoms. The number of hydrogen-bond acceptors (Lipinski definition) is 8. The third kappa shape index (κ3) is 5.11. The number of nitrogens with zero attached hydrogens (tertiary/aromatic N) is 4. The number of pyridine rings is 1. The summed E-state index contributed by atoms with van der Waals surface area (Å²) in [7, 11) is 0. The third-order valence-electron chi connectivity index (χ3n) is 5.60. The highest BCUT2D eigenvalue weighted by molar-refractivity contribution is 6.16. The average molecular weight is 497 g/mol. The van der Waals surface area contributed by atoms with Crippen molar-refractivity contribution >= 4 is 23.3 Å². The molecule has 0 radical (unpaired) electrons. The van der Waals surface area contributed by atoms with E-state index < -0.39 is 23.3 Å². The Hall–Kier alpha value is -4.48. The number of piperidine rings is 1. The average Bonchev–Trinajstić information content (AvgIpc) is 2.86. The first kappa shape index (κ1) is 24.6. The zero-order chi connectivity index (χ0) is 25.8. The van der Waals surface area contributed by atoms with Gasteiger partial charge in [-0.05, 0) is 37.1 Å². The van der Waals surface area contributed by atoms with Gasteiger partial charge in [0, 0.05) is 25.2 Å². The Bertz CT molecular complexity index is 1340. The molecule has 1 amide bonds. The van der Waals surface area contributed by atoms with Gasteiger partial charge in [-0.15, -0.1) is 0 Å². The number of likely N-dealkylation sites (tertiary alicyclic amines) is 1. The fourth-order valence-corrected chi connectivity index (χ4v) is 3.84. The Morgan fingerprint density at radius 3 is 2.81 bits per heavy atom. The van der Waals surface area contributed by atoms with Gasteiger partial charge in [0.25, 0.3) is 0 Å². The van der Waals surface area contributed by atoms with Gasteiger partial charge < -0.3 is 20.7 Å². The quantitative estimate of drug-likeness (QED) is 0.258. The fraction of sp³-hybridized carbons (Fsp3) is 0.208. The Morgan fingerprint density at radius 2 is 2.06 bits per heavy atom. The molecular formula is C24H22F3N7O2. The standard InChI is InChI=1S/C24H22F3N7O2/c1-2-18(35)34-10-4-5-13(11-34)32-24-19(23(29)30-12-31-24)21(28)14-8-9-17(33-22(14)27)36-16-7-3-6-15(25)20(16)26/h2-3,6-9,12-13,28H,1,4-5,10-11H2,(H3,29,30,31,32)/t13-/m1/s1. The molecule has 1 saturated heterocycles. The van der Waals surface area contributed by atoms with Crippen molar-refractivity contribution in [3.63, 3.8) is 0 Å². The molecule has 12 heteroatoms. The van der Waals surface area contributed by atoms with Crippen LogP contribution in [0.3, 0.4) is 0 Å². The summed E-state index contributed by atoms with van der Waals surface area (Å²) in [5.41, 5.74) is 5.49. The van der Waals surface area contributed by atoms with Gasteiger partial charge in [0.1, 0.15) is 18.0 Å². The molecule has 3 aromatic rings. The van der Waals surface area contributed by atoms with E-state index in [0.717, 1.165) is 18.9 Å². The van der Waals surface area contributed by atoms with Gasteiger partial charge in [-0.3, -0.25) is 10.2 Å². The summed E-state index contributed by atoms with van der Waals surface area (Å²) in [6, 6.07) is 5.55. The van der Waals surface area contributed by atoms with E-state index >= 15 is 0 Å². The maximum atomic E-state index is 14.9. The van der Waals surface area contributed by atoms with Crippen molar-refractivity contribution in [3.05, 3.63) is 78.0 Å². The number of nitrogens with two attached hydrogens (primary N) is 1. The van der Waals surface area contributed by atoms with Crippen molar-refractivity contribution in [2.24, 2.45) is 0 Å². The maximum absolute atomic E-state index is 14.9. The minimum absolute atomic E-state index is 0.0511. The third-order valence-corrected chi connectivity index (χ3v) is 5.60. The topological polar surface area (TPSA) is 130 Å². The number of anilines is 2. The summed E-state index contributed by atoms with van der Waals surface area (Å²) in [6.45, 7) is 4.50. The van der Waals surface area contributed by atoms with Gasteiger partial charge in [-0.25, -0.2) is 14.4 Å². The van der Waals surface area contributed by atoms with Crippen LogP contribution < -0.4 is 15.8 Å². The summed E-state index contributed by atoms with van der Waals surface area (Å²) in [4.78, 5) is 25.4. The van der Waals surface area contributed by atoms with E-state index in [1.54, 1.807) is 4.90 Å². The normalized spacial score (nSPS) is 15.3. The molecule has 36 heavy (non-hydrogen) atoms. The van der Waals surface area contributed by atoms with Crippen LogP contribution in [0.5, 0.6) is 11.6 Å². The molecule has 1 aliphatic rings. The summed E-state index contributed by atoms with van der Waals surface area (Å²) in [5, 5.41) is 11.8. The van der Waals surface area contributed by atoms with Crippen molar-refractivity contribution in [2.45, 2.75) is 18.9 Å². The number of ether oxygens (including phenoxy) is 1. The minimum atomic E-state index is -1.24. The van der Waals surface area contributed by atoms with Gasteiger partial charge in [-0.1, -0.05) is 12.6 Å². The molecule has 0 unspecified atom stereocenters. The van der Waals surface area contributed by atoms with Crippen molar-refractivity contribution in [1.82, 2.24) is 19.9 Å². The van der Waals surface area contributed by atoms with Crippen molar-refractivity contribution < 1.29 is 22.7 Å². The molecule has 1 aromatic carbocycles. The van der Waals surface area contributed by atoms with Gasteiger partial charge in [-0.2, -0.15) is 13.8 Å². The largest absolute Gasteiger partial charge is 0.436 e. The van der Waals surface area contributed by atoms with E-state index in [1.165, 1.54) is 36.7 Å². The number of carbonyl (C=O) groups is 1. The zero-order valence-corrected chi connectivity index (χ0v) is 19.0. The van der Waals surface area contributed by atoms with Crippen LogP contribution in [-0.4, -0.2) is 50.6 Å². The van der Waals surface area contributed by atoms with Gasteiger partial charge in [0.15, 0.2) is 11.6 Å². The number of nitrogen functional groups attached to an aromatic ring is 1. The highest BCUT2D eigenvalue weighted by atomic mass is 19.2.